The molecule has 0 spiro atoms. The Morgan fingerprint density at radius 1 is 1.21 bits per heavy atom. The van der Waals surface area contributed by atoms with Gasteiger partial charge in [-0.3, -0.25) is 9.59 Å². The Balaban J connectivity index is 1.58. The minimum Gasteiger partial charge on any atom is -0.376 e. The number of nitrogens with one attached hydrogen (secondary N) is 3. The fourth-order valence-corrected chi connectivity index (χ4v) is 3.03. The molecular weight excluding hydrogens is 392 g/mol. The van der Waals surface area contributed by atoms with Crippen molar-refractivity contribution in [3.63, 3.8) is 0 Å². The Labute approximate surface area is 174 Å². The minimum absolute atomic E-state index is 0.0304. The molecule has 2 amide bonds. The molecule has 0 bridgehead atoms. The largest absolute Gasteiger partial charge is 0.376 e. The van der Waals surface area contributed by atoms with Gasteiger partial charge in [-0.15, -0.1) is 0 Å². The number of carbonyl (C=O) groups is 2. The van der Waals surface area contributed by atoms with Gasteiger partial charge in [0.05, 0.1) is 12.3 Å². The van der Waals surface area contributed by atoms with E-state index in [1.807, 2.05) is 37.3 Å². The lowest BCUT2D eigenvalue weighted by Crippen LogP contribution is -2.41. The number of rotatable bonds is 6. The summed E-state index contributed by atoms with van der Waals surface area (Å²) in [6, 6.07) is 13.2. The van der Waals surface area contributed by atoms with E-state index in [1.54, 1.807) is 12.1 Å². The predicted octanol–water partition coefficient (Wildman–Crippen LogP) is 3.14. The van der Waals surface area contributed by atoms with Gasteiger partial charge >= 0.3 is 11.8 Å². The number of nitrogens with zero attached hydrogens (tertiary/aromatic N) is 1. The summed E-state index contributed by atoms with van der Waals surface area (Å²) in [4.78, 5) is 23.7. The fourth-order valence-electron chi connectivity index (χ4n) is 2.85. The molecule has 2 aromatic rings. The lowest BCUT2D eigenvalue weighted by atomic mass is 10.1. The number of carbonyl (C=O) groups excluding carboxylic acids is 2. The fraction of sp³-hybridized carbons (Fsp3) is 0.286. The molecule has 1 saturated heterocycles. The molecule has 1 aliphatic rings. The number of hydrazone groups is 1. The van der Waals surface area contributed by atoms with E-state index < -0.39 is 11.8 Å². The number of halogens is 1. The quantitative estimate of drug-likeness (QED) is 0.384. The van der Waals surface area contributed by atoms with E-state index >= 15 is 0 Å². The van der Waals surface area contributed by atoms with E-state index in [1.165, 1.54) is 6.21 Å². The van der Waals surface area contributed by atoms with Gasteiger partial charge in [0.15, 0.2) is 0 Å². The van der Waals surface area contributed by atoms with Crippen molar-refractivity contribution >= 4 is 41.0 Å². The molecular formula is C21H23ClN4O3. The van der Waals surface area contributed by atoms with Crippen LogP contribution in [0.4, 0.5) is 11.4 Å². The van der Waals surface area contributed by atoms with E-state index in [4.69, 9.17) is 16.3 Å². The Morgan fingerprint density at radius 3 is 2.72 bits per heavy atom. The van der Waals surface area contributed by atoms with Gasteiger partial charge in [-0.1, -0.05) is 29.3 Å². The first-order valence-electron chi connectivity index (χ1n) is 9.37. The Kier molecular flexibility index (Phi) is 7.21. The minimum atomic E-state index is -0.839. The van der Waals surface area contributed by atoms with E-state index in [0.29, 0.717) is 23.7 Å². The lowest BCUT2D eigenvalue weighted by molar-refractivity contribution is -0.139. The van der Waals surface area contributed by atoms with E-state index in [-0.39, 0.29) is 6.10 Å². The maximum atomic E-state index is 11.9. The monoisotopic (exact) mass is 414 g/mol. The van der Waals surface area contributed by atoms with Crippen molar-refractivity contribution in [2.75, 3.05) is 18.5 Å². The molecule has 3 rings (SSSR count). The van der Waals surface area contributed by atoms with E-state index in [9.17, 15) is 9.59 Å². The molecule has 7 nitrogen and oxygen atoms in total. The molecule has 3 N–H and O–H groups in total. The average Bonchev–Trinajstić information content (AvgIpc) is 3.23. The van der Waals surface area contributed by atoms with Crippen molar-refractivity contribution in [2.24, 2.45) is 5.10 Å². The normalized spacial score (nSPS) is 16.0. The van der Waals surface area contributed by atoms with Crippen LogP contribution in [0.2, 0.25) is 5.02 Å². The van der Waals surface area contributed by atoms with Crippen LogP contribution < -0.4 is 16.1 Å². The zero-order valence-corrected chi connectivity index (χ0v) is 16.8. The highest BCUT2D eigenvalue weighted by Crippen LogP contribution is 2.23. The molecule has 1 aliphatic heterocycles. The van der Waals surface area contributed by atoms with Gasteiger partial charge in [-0.05, 0) is 50.1 Å². The third-order valence-corrected chi connectivity index (χ3v) is 4.67. The maximum absolute atomic E-state index is 11.9. The molecule has 29 heavy (non-hydrogen) atoms. The second-order valence-corrected chi connectivity index (χ2v) is 7.20. The number of hydrogen-bond acceptors (Lipinski definition) is 5. The number of aryl methyl sites for hydroxylation is 1. The van der Waals surface area contributed by atoms with Crippen LogP contribution in [0, 0.1) is 6.92 Å². The molecule has 0 unspecified atom stereocenters. The van der Waals surface area contributed by atoms with Gasteiger partial charge in [0.1, 0.15) is 0 Å². The Morgan fingerprint density at radius 2 is 2.00 bits per heavy atom. The van der Waals surface area contributed by atoms with E-state index in [0.717, 1.165) is 29.8 Å². The summed E-state index contributed by atoms with van der Waals surface area (Å²) in [7, 11) is 0. The van der Waals surface area contributed by atoms with Crippen molar-refractivity contribution in [3.8, 4) is 0 Å². The van der Waals surface area contributed by atoms with Crippen molar-refractivity contribution in [1.82, 2.24) is 10.7 Å². The van der Waals surface area contributed by atoms with Crippen molar-refractivity contribution in [1.29, 1.82) is 0 Å². The highest BCUT2D eigenvalue weighted by molar-refractivity contribution is 6.35. The van der Waals surface area contributed by atoms with Crippen LogP contribution in [0.1, 0.15) is 24.0 Å². The van der Waals surface area contributed by atoms with Crippen molar-refractivity contribution < 1.29 is 14.3 Å². The van der Waals surface area contributed by atoms with E-state index in [2.05, 4.69) is 21.2 Å². The first kappa shape index (κ1) is 20.8. The molecule has 1 atom stereocenters. The first-order chi connectivity index (χ1) is 14.0. The van der Waals surface area contributed by atoms with Crippen LogP contribution >= 0.6 is 11.6 Å². The molecule has 8 heteroatoms. The molecule has 1 fully saturated rings. The standard InChI is InChI=1S/C21H23ClN4O3/c1-14-4-7-17(8-5-14)25-19-9-6-16(22)11-15(19)12-24-26-21(28)20(27)23-13-18-3-2-10-29-18/h4-9,11-12,18,25H,2-3,10,13H2,1H3,(H,23,27)(H,26,28)/b24-12-/t18-/m1/s1. The van der Waals surface area contributed by atoms with Crippen LogP contribution in [-0.2, 0) is 14.3 Å². The zero-order valence-electron chi connectivity index (χ0n) is 16.1. The van der Waals surface area contributed by atoms with Gasteiger partial charge in [-0.25, -0.2) is 5.43 Å². The lowest BCUT2D eigenvalue weighted by Gasteiger charge is -2.11. The second-order valence-electron chi connectivity index (χ2n) is 6.77. The van der Waals surface area contributed by atoms with Crippen LogP contribution in [-0.4, -0.2) is 37.3 Å². The number of hydrogen-bond donors (Lipinski definition) is 3. The van der Waals surface area contributed by atoms with Crippen molar-refractivity contribution in [2.45, 2.75) is 25.9 Å². The van der Waals surface area contributed by atoms with Gasteiger partial charge in [0, 0.05) is 35.1 Å². The molecule has 0 saturated carbocycles. The van der Waals surface area contributed by atoms with Crippen LogP contribution in [0.15, 0.2) is 47.6 Å². The molecule has 2 aromatic carbocycles. The molecule has 0 radical (unpaired) electrons. The first-order valence-corrected chi connectivity index (χ1v) is 9.75. The van der Waals surface area contributed by atoms with Gasteiger partial charge in [0.25, 0.3) is 0 Å². The topological polar surface area (TPSA) is 91.8 Å². The van der Waals surface area contributed by atoms with Crippen LogP contribution in [0.25, 0.3) is 0 Å². The summed E-state index contributed by atoms with van der Waals surface area (Å²) < 4.78 is 5.41. The smallest absolute Gasteiger partial charge is 0.329 e. The SMILES string of the molecule is Cc1ccc(Nc2ccc(Cl)cc2/C=N\NC(=O)C(=O)NC[C@H]2CCCO2)cc1. The summed E-state index contributed by atoms with van der Waals surface area (Å²) in [5, 5.41) is 10.2. The molecule has 0 aromatic heterocycles. The summed E-state index contributed by atoms with van der Waals surface area (Å²) >= 11 is 6.08. The van der Waals surface area contributed by atoms with Crippen molar-refractivity contribution in [3.05, 3.63) is 58.6 Å². The number of amides is 2. The maximum Gasteiger partial charge on any atom is 0.329 e. The third-order valence-electron chi connectivity index (χ3n) is 4.43. The second kappa shape index (κ2) is 10.0. The Hall–Kier alpha value is -2.90. The van der Waals surface area contributed by atoms with Crippen LogP contribution in [0.5, 0.6) is 0 Å². The highest BCUT2D eigenvalue weighted by Gasteiger charge is 2.19. The summed E-state index contributed by atoms with van der Waals surface area (Å²) in [6.45, 7) is 3.02. The third kappa shape index (κ3) is 6.30. The summed E-state index contributed by atoms with van der Waals surface area (Å²) in [6.07, 6.45) is 3.26. The van der Waals surface area contributed by atoms with Crippen LogP contribution in [0.3, 0.4) is 0 Å². The summed E-state index contributed by atoms with van der Waals surface area (Å²) in [5.74, 6) is -1.59. The molecule has 0 aliphatic carbocycles. The highest BCUT2D eigenvalue weighted by atomic mass is 35.5. The Bertz CT molecular complexity index is 893. The summed E-state index contributed by atoms with van der Waals surface area (Å²) in [5.41, 5.74) is 5.73. The average molecular weight is 415 g/mol. The zero-order chi connectivity index (χ0) is 20.6. The predicted molar refractivity (Wildman–Crippen MR) is 114 cm³/mol. The number of benzene rings is 2. The number of anilines is 2. The molecule has 1 heterocycles. The van der Waals surface area contributed by atoms with Gasteiger partial charge < -0.3 is 15.4 Å². The van der Waals surface area contributed by atoms with Gasteiger partial charge in [0.2, 0.25) is 0 Å². The molecule has 152 valence electrons. The van der Waals surface area contributed by atoms with Gasteiger partial charge in [-0.2, -0.15) is 5.10 Å². The number of ether oxygens (including phenoxy) is 1.